The summed E-state index contributed by atoms with van der Waals surface area (Å²) < 4.78 is 1.77. The fourth-order valence-corrected chi connectivity index (χ4v) is 2.56. The Bertz CT molecular complexity index is 385. The molecule has 0 aliphatic rings. The van der Waals surface area contributed by atoms with Gasteiger partial charge in [-0.15, -0.1) is 0 Å². The van der Waals surface area contributed by atoms with Crippen LogP contribution in [0.5, 0.6) is 0 Å². The van der Waals surface area contributed by atoms with Gasteiger partial charge < -0.3 is 5.32 Å². The van der Waals surface area contributed by atoms with Crippen LogP contribution in [0.1, 0.15) is 51.3 Å². The number of aryl methyl sites for hydroxylation is 2. The van der Waals surface area contributed by atoms with Gasteiger partial charge in [-0.3, -0.25) is 4.68 Å². The van der Waals surface area contributed by atoms with Gasteiger partial charge in [-0.25, -0.2) is 0 Å². The minimum absolute atomic E-state index is 0.503. The molecule has 1 heterocycles. The molecule has 4 heteroatoms. The van der Waals surface area contributed by atoms with Crippen LogP contribution in [0, 0.1) is 12.8 Å². The molecular formula is C15H28ClN3. The van der Waals surface area contributed by atoms with Crippen molar-refractivity contribution >= 4 is 11.6 Å². The molecule has 110 valence electrons. The van der Waals surface area contributed by atoms with Crippen LogP contribution in [-0.4, -0.2) is 22.4 Å². The zero-order valence-corrected chi connectivity index (χ0v) is 13.7. The molecule has 0 aromatic carbocycles. The number of hydrogen-bond acceptors (Lipinski definition) is 2. The number of nitrogens with zero attached hydrogens (tertiary/aromatic N) is 2. The summed E-state index contributed by atoms with van der Waals surface area (Å²) in [5, 5.41) is 8.82. The predicted octanol–water partition coefficient (Wildman–Crippen LogP) is 3.73. The van der Waals surface area contributed by atoms with E-state index in [2.05, 4.69) is 31.2 Å². The Labute approximate surface area is 122 Å². The lowest BCUT2D eigenvalue weighted by molar-refractivity contribution is 0.427. The Hall–Kier alpha value is -0.540. The summed E-state index contributed by atoms with van der Waals surface area (Å²) in [6, 6.07) is 0.503. The Balaban J connectivity index is 2.69. The van der Waals surface area contributed by atoms with Gasteiger partial charge >= 0.3 is 0 Å². The molecule has 0 saturated carbocycles. The van der Waals surface area contributed by atoms with Crippen LogP contribution in [0.3, 0.4) is 0 Å². The molecule has 3 nitrogen and oxygen atoms in total. The van der Waals surface area contributed by atoms with Gasteiger partial charge in [0.25, 0.3) is 0 Å². The first kappa shape index (κ1) is 16.5. The van der Waals surface area contributed by atoms with Crippen molar-refractivity contribution in [3.63, 3.8) is 0 Å². The Morgan fingerprint density at radius 2 is 2.00 bits per heavy atom. The normalized spacial score (nSPS) is 13.2. The molecule has 1 aromatic heterocycles. The van der Waals surface area contributed by atoms with Gasteiger partial charge in [0.15, 0.2) is 0 Å². The average Bonchev–Trinajstić information content (AvgIpc) is 2.58. The van der Waals surface area contributed by atoms with Crippen LogP contribution in [-0.2, 0) is 13.5 Å². The zero-order valence-electron chi connectivity index (χ0n) is 13.0. The molecular weight excluding hydrogens is 258 g/mol. The number of aromatic nitrogens is 2. The Morgan fingerprint density at radius 1 is 1.32 bits per heavy atom. The summed E-state index contributed by atoms with van der Waals surface area (Å²) in [5.41, 5.74) is 2.25. The van der Waals surface area contributed by atoms with Crippen molar-refractivity contribution in [2.24, 2.45) is 13.0 Å². The van der Waals surface area contributed by atoms with Gasteiger partial charge in [0.1, 0.15) is 5.15 Å². The molecule has 0 spiro atoms. The predicted molar refractivity (Wildman–Crippen MR) is 82.8 cm³/mol. The molecule has 1 N–H and O–H groups in total. The monoisotopic (exact) mass is 285 g/mol. The third kappa shape index (κ3) is 5.15. The van der Waals surface area contributed by atoms with Crippen LogP contribution >= 0.6 is 11.6 Å². The van der Waals surface area contributed by atoms with Crippen LogP contribution in [0.4, 0.5) is 0 Å². The summed E-state index contributed by atoms with van der Waals surface area (Å²) in [4.78, 5) is 0. The molecule has 0 aliphatic heterocycles. The SMILES string of the molecule is CCCNC(CCC(C)C)Cc1c(C)nn(C)c1Cl. The second-order valence-electron chi connectivity index (χ2n) is 5.80. The molecule has 0 aliphatic carbocycles. The summed E-state index contributed by atoms with van der Waals surface area (Å²) in [5.74, 6) is 0.747. The van der Waals surface area contributed by atoms with Gasteiger partial charge in [-0.1, -0.05) is 32.4 Å². The molecule has 0 radical (unpaired) electrons. The highest BCUT2D eigenvalue weighted by Gasteiger charge is 2.17. The first-order chi connectivity index (χ1) is 8.95. The fourth-order valence-electron chi connectivity index (χ4n) is 2.31. The summed E-state index contributed by atoms with van der Waals surface area (Å²) in [6.07, 6.45) is 4.59. The van der Waals surface area contributed by atoms with Crippen molar-refractivity contribution in [1.29, 1.82) is 0 Å². The van der Waals surface area contributed by atoms with E-state index in [1.807, 2.05) is 14.0 Å². The number of rotatable bonds is 8. The van der Waals surface area contributed by atoms with E-state index < -0.39 is 0 Å². The van der Waals surface area contributed by atoms with E-state index in [1.165, 1.54) is 18.4 Å². The molecule has 0 amide bonds. The zero-order chi connectivity index (χ0) is 14.4. The lowest BCUT2D eigenvalue weighted by Crippen LogP contribution is -2.32. The molecule has 19 heavy (non-hydrogen) atoms. The number of halogens is 1. The van der Waals surface area contributed by atoms with Crippen molar-refractivity contribution in [3.05, 3.63) is 16.4 Å². The van der Waals surface area contributed by atoms with E-state index in [4.69, 9.17) is 11.6 Å². The van der Waals surface area contributed by atoms with Crippen LogP contribution in [0.2, 0.25) is 5.15 Å². The highest BCUT2D eigenvalue weighted by Crippen LogP contribution is 2.22. The van der Waals surface area contributed by atoms with E-state index in [9.17, 15) is 0 Å². The average molecular weight is 286 g/mol. The summed E-state index contributed by atoms with van der Waals surface area (Å²) in [7, 11) is 1.90. The van der Waals surface area contributed by atoms with Crippen LogP contribution < -0.4 is 5.32 Å². The molecule has 0 fully saturated rings. The minimum Gasteiger partial charge on any atom is -0.314 e. The molecule has 1 atom stereocenters. The number of nitrogens with one attached hydrogen (secondary N) is 1. The van der Waals surface area contributed by atoms with Gasteiger partial charge in [-0.2, -0.15) is 5.10 Å². The molecule has 1 aromatic rings. The van der Waals surface area contributed by atoms with E-state index in [-0.39, 0.29) is 0 Å². The van der Waals surface area contributed by atoms with E-state index in [0.29, 0.717) is 6.04 Å². The summed E-state index contributed by atoms with van der Waals surface area (Å²) >= 11 is 6.33. The lowest BCUT2D eigenvalue weighted by Gasteiger charge is -2.19. The van der Waals surface area contributed by atoms with Gasteiger partial charge in [0.05, 0.1) is 5.69 Å². The molecule has 1 rings (SSSR count). The third-order valence-corrected chi connectivity index (χ3v) is 3.97. The Kier molecular flexibility index (Phi) is 6.87. The van der Waals surface area contributed by atoms with Crippen molar-refractivity contribution in [3.8, 4) is 0 Å². The van der Waals surface area contributed by atoms with Crippen LogP contribution in [0.25, 0.3) is 0 Å². The van der Waals surface area contributed by atoms with E-state index in [0.717, 1.165) is 36.2 Å². The molecule has 0 bridgehead atoms. The van der Waals surface area contributed by atoms with E-state index >= 15 is 0 Å². The maximum absolute atomic E-state index is 6.33. The highest BCUT2D eigenvalue weighted by molar-refractivity contribution is 6.30. The van der Waals surface area contributed by atoms with Gasteiger partial charge in [0, 0.05) is 18.7 Å². The van der Waals surface area contributed by atoms with Crippen LogP contribution in [0.15, 0.2) is 0 Å². The first-order valence-corrected chi connectivity index (χ1v) is 7.74. The van der Waals surface area contributed by atoms with Crippen molar-refractivity contribution in [1.82, 2.24) is 15.1 Å². The second kappa shape index (κ2) is 7.91. The maximum atomic E-state index is 6.33. The fraction of sp³-hybridized carbons (Fsp3) is 0.800. The standard InChI is InChI=1S/C15H28ClN3/c1-6-9-17-13(8-7-11(2)3)10-14-12(4)18-19(5)15(14)16/h11,13,17H,6-10H2,1-5H3. The van der Waals surface area contributed by atoms with Crippen molar-refractivity contribution in [2.75, 3.05) is 6.54 Å². The van der Waals surface area contributed by atoms with Gasteiger partial charge in [0.2, 0.25) is 0 Å². The largest absolute Gasteiger partial charge is 0.314 e. The number of hydrogen-bond donors (Lipinski definition) is 1. The second-order valence-corrected chi connectivity index (χ2v) is 6.16. The van der Waals surface area contributed by atoms with Crippen molar-refractivity contribution in [2.45, 2.75) is 59.4 Å². The molecule has 0 saturated heterocycles. The topological polar surface area (TPSA) is 29.9 Å². The highest BCUT2D eigenvalue weighted by atomic mass is 35.5. The third-order valence-electron chi connectivity index (χ3n) is 3.50. The smallest absolute Gasteiger partial charge is 0.130 e. The lowest BCUT2D eigenvalue weighted by atomic mass is 9.98. The molecule has 1 unspecified atom stereocenters. The minimum atomic E-state index is 0.503. The van der Waals surface area contributed by atoms with Gasteiger partial charge in [-0.05, 0) is 45.1 Å². The van der Waals surface area contributed by atoms with E-state index in [1.54, 1.807) is 4.68 Å². The summed E-state index contributed by atoms with van der Waals surface area (Å²) in [6.45, 7) is 9.87. The van der Waals surface area contributed by atoms with Crippen molar-refractivity contribution < 1.29 is 0 Å². The Morgan fingerprint density at radius 3 is 2.47 bits per heavy atom. The maximum Gasteiger partial charge on any atom is 0.130 e. The first-order valence-electron chi connectivity index (χ1n) is 7.37. The quantitative estimate of drug-likeness (QED) is 0.789.